The first-order valence-electron chi connectivity index (χ1n) is 7.27. The van der Waals surface area contributed by atoms with Crippen LogP contribution in [-0.4, -0.2) is 34.3 Å². The summed E-state index contributed by atoms with van der Waals surface area (Å²) in [4.78, 5) is 13.1. The third kappa shape index (κ3) is 2.19. The van der Waals surface area contributed by atoms with E-state index in [1.165, 1.54) is 0 Å². The van der Waals surface area contributed by atoms with Gasteiger partial charge in [-0.05, 0) is 26.8 Å². The Morgan fingerprint density at radius 3 is 2.87 bits per heavy atom. The van der Waals surface area contributed by atoms with Crippen LogP contribution in [0.2, 0.25) is 0 Å². The minimum Gasteiger partial charge on any atom is -0.337 e. The normalized spacial score (nSPS) is 12.8. The summed E-state index contributed by atoms with van der Waals surface area (Å²) in [6.45, 7) is 5.91. The number of aryl methyl sites for hydroxylation is 2. The van der Waals surface area contributed by atoms with E-state index in [2.05, 4.69) is 25.2 Å². The maximum Gasteiger partial charge on any atom is 0.249 e. The first-order valence-corrected chi connectivity index (χ1v) is 7.27. The van der Waals surface area contributed by atoms with Gasteiger partial charge in [-0.15, -0.1) is 0 Å². The van der Waals surface area contributed by atoms with Gasteiger partial charge >= 0.3 is 0 Å². The summed E-state index contributed by atoms with van der Waals surface area (Å²) in [5.41, 5.74) is 3.41. The van der Waals surface area contributed by atoms with Crippen LogP contribution in [0.5, 0.6) is 0 Å². The fourth-order valence-corrected chi connectivity index (χ4v) is 2.57. The van der Waals surface area contributed by atoms with E-state index in [4.69, 9.17) is 4.52 Å². The summed E-state index contributed by atoms with van der Waals surface area (Å²) in [6.07, 6.45) is 7.01. The molecule has 0 saturated heterocycles. The van der Waals surface area contributed by atoms with Gasteiger partial charge in [-0.1, -0.05) is 5.16 Å². The molecule has 4 aromatic heterocycles. The topological polar surface area (TPSA) is 86.9 Å². The molecule has 23 heavy (non-hydrogen) atoms. The van der Waals surface area contributed by atoms with Crippen LogP contribution in [0.1, 0.15) is 30.2 Å². The Morgan fingerprint density at radius 2 is 2.09 bits per heavy atom. The van der Waals surface area contributed by atoms with Crippen molar-refractivity contribution in [3.8, 4) is 11.4 Å². The van der Waals surface area contributed by atoms with Crippen molar-refractivity contribution in [2.75, 3.05) is 0 Å². The van der Waals surface area contributed by atoms with E-state index in [0.29, 0.717) is 11.7 Å². The molecule has 0 aromatic carbocycles. The quantitative estimate of drug-likeness (QED) is 0.576. The standard InChI is InChI=1S/C15H15N7O/c1-9-6-10(2)22-14(18-9)12(7-17-22)13-19-15(23-20-13)11(3)21-5-4-16-8-21/h4-8,11H,1-3H3/t11-/m0/s1. The molecule has 0 spiro atoms. The highest BCUT2D eigenvalue weighted by molar-refractivity contribution is 5.72. The van der Waals surface area contributed by atoms with Crippen LogP contribution in [0.25, 0.3) is 17.0 Å². The third-order valence-corrected chi connectivity index (χ3v) is 3.79. The second kappa shape index (κ2) is 5.01. The van der Waals surface area contributed by atoms with Crippen molar-refractivity contribution in [2.45, 2.75) is 26.8 Å². The van der Waals surface area contributed by atoms with Crippen molar-refractivity contribution in [2.24, 2.45) is 0 Å². The first kappa shape index (κ1) is 13.6. The zero-order chi connectivity index (χ0) is 16.0. The highest BCUT2D eigenvalue weighted by Gasteiger charge is 2.19. The summed E-state index contributed by atoms with van der Waals surface area (Å²) >= 11 is 0. The molecule has 8 heteroatoms. The number of rotatable bonds is 3. The minimum absolute atomic E-state index is 0.0861. The van der Waals surface area contributed by atoms with Crippen molar-refractivity contribution in [1.82, 2.24) is 34.3 Å². The van der Waals surface area contributed by atoms with Crippen molar-refractivity contribution in [1.29, 1.82) is 0 Å². The Labute approximate surface area is 131 Å². The second-order valence-corrected chi connectivity index (χ2v) is 5.47. The molecule has 116 valence electrons. The summed E-state index contributed by atoms with van der Waals surface area (Å²) in [5.74, 6) is 1.00. The largest absolute Gasteiger partial charge is 0.337 e. The third-order valence-electron chi connectivity index (χ3n) is 3.79. The van der Waals surface area contributed by atoms with Crippen molar-refractivity contribution < 1.29 is 4.52 Å². The predicted octanol–water partition coefficient (Wildman–Crippen LogP) is 2.20. The Morgan fingerprint density at radius 1 is 1.22 bits per heavy atom. The van der Waals surface area contributed by atoms with E-state index < -0.39 is 0 Å². The van der Waals surface area contributed by atoms with Gasteiger partial charge < -0.3 is 9.09 Å². The van der Waals surface area contributed by atoms with Crippen LogP contribution in [0.15, 0.2) is 35.5 Å². The SMILES string of the molecule is Cc1cc(C)n2ncc(-c3noc([C@H](C)n4ccnc4)n3)c2n1. The van der Waals surface area contributed by atoms with Crippen molar-refractivity contribution >= 4 is 5.65 Å². The monoisotopic (exact) mass is 309 g/mol. The van der Waals surface area contributed by atoms with E-state index in [0.717, 1.165) is 22.6 Å². The lowest BCUT2D eigenvalue weighted by Crippen LogP contribution is -2.04. The minimum atomic E-state index is -0.0861. The van der Waals surface area contributed by atoms with Crippen LogP contribution in [-0.2, 0) is 0 Å². The highest BCUT2D eigenvalue weighted by Crippen LogP contribution is 2.24. The van der Waals surface area contributed by atoms with Crippen LogP contribution in [0, 0.1) is 13.8 Å². The maximum absolute atomic E-state index is 5.41. The summed E-state index contributed by atoms with van der Waals surface area (Å²) in [7, 11) is 0. The predicted molar refractivity (Wildman–Crippen MR) is 81.8 cm³/mol. The van der Waals surface area contributed by atoms with Gasteiger partial charge in [0.15, 0.2) is 5.65 Å². The van der Waals surface area contributed by atoms with Crippen LogP contribution < -0.4 is 0 Å². The average molecular weight is 309 g/mol. The van der Waals surface area contributed by atoms with Gasteiger partial charge in [0.2, 0.25) is 11.7 Å². The molecular weight excluding hydrogens is 294 g/mol. The molecule has 0 saturated carbocycles. The molecule has 0 fully saturated rings. The molecule has 4 heterocycles. The fourth-order valence-electron chi connectivity index (χ4n) is 2.57. The zero-order valence-electron chi connectivity index (χ0n) is 13.0. The molecular formula is C15H15N7O. The molecule has 0 bridgehead atoms. The molecule has 4 aromatic rings. The molecule has 0 radical (unpaired) electrons. The first-order chi connectivity index (χ1) is 11.1. The van der Waals surface area contributed by atoms with Gasteiger partial charge in [0.25, 0.3) is 0 Å². The maximum atomic E-state index is 5.41. The number of nitrogens with zero attached hydrogens (tertiary/aromatic N) is 7. The van der Waals surface area contributed by atoms with Crippen molar-refractivity contribution in [3.63, 3.8) is 0 Å². The molecule has 0 amide bonds. The Bertz CT molecular complexity index is 967. The van der Waals surface area contributed by atoms with Gasteiger partial charge in [0.05, 0.1) is 18.1 Å². The lowest BCUT2D eigenvalue weighted by atomic mass is 10.3. The molecule has 4 rings (SSSR count). The summed E-state index contributed by atoms with van der Waals surface area (Å²) in [5, 5.41) is 8.44. The zero-order valence-corrected chi connectivity index (χ0v) is 13.0. The highest BCUT2D eigenvalue weighted by atomic mass is 16.5. The van der Waals surface area contributed by atoms with Crippen molar-refractivity contribution in [3.05, 3.63) is 48.3 Å². The van der Waals surface area contributed by atoms with Gasteiger partial charge in [-0.3, -0.25) is 0 Å². The number of aromatic nitrogens is 7. The number of imidazole rings is 1. The molecule has 0 aliphatic carbocycles. The van der Waals surface area contributed by atoms with E-state index in [1.54, 1.807) is 23.2 Å². The van der Waals surface area contributed by atoms with E-state index >= 15 is 0 Å². The van der Waals surface area contributed by atoms with E-state index in [-0.39, 0.29) is 6.04 Å². The van der Waals surface area contributed by atoms with Gasteiger partial charge in [0.1, 0.15) is 6.04 Å². The van der Waals surface area contributed by atoms with Gasteiger partial charge in [0, 0.05) is 23.8 Å². The second-order valence-electron chi connectivity index (χ2n) is 5.47. The van der Waals surface area contributed by atoms with Gasteiger partial charge in [-0.25, -0.2) is 14.5 Å². The van der Waals surface area contributed by atoms with Gasteiger partial charge in [-0.2, -0.15) is 10.1 Å². The van der Waals surface area contributed by atoms with Crippen LogP contribution in [0.3, 0.4) is 0 Å². The average Bonchev–Trinajstić information content (AvgIpc) is 3.26. The number of fused-ring (bicyclic) bond motifs is 1. The summed E-state index contributed by atoms with van der Waals surface area (Å²) < 4.78 is 9.09. The Hall–Kier alpha value is -3.03. The molecule has 8 nitrogen and oxygen atoms in total. The molecule has 0 aliphatic heterocycles. The molecule has 0 aliphatic rings. The van der Waals surface area contributed by atoms with Crippen LogP contribution in [0.4, 0.5) is 0 Å². The lowest BCUT2D eigenvalue weighted by molar-refractivity contribution is 0.345. The smallest absolute Gasteiger partial charge is 0.249 e. The van der Waals surface area contributed by atoms with E-state index in [9.17, 15) is 0 Å². The Balaban J connectivity index is 1.78. The molecule has 0 N–H and O–H groups in total. The Kier molecular flexibility index (Phi) is 2.97. The molecule has 0 unspecified atom stereocenters. The summed E-state index contributed by atoms with van der Waals surface area (Å²) in [6, 6.07) is 1.89. The number of hydrogen-bond donors (Lipinski definition) is 0. The van der Waals surface area contributed by atoms with E-state index in [1.807, 2.05) is 37.6 Å². The number of hydrogen-bond acceptors (Lipinski definition) is 6. The lowest BCUT2D eigenvalue weighted by Gasteiger charge is -2.06. The van der Waals surface area contributed by atoms with Crippen LogP contribution >= 0.6 is 0 Å². The fraction of sp³-hybridized carbons (Fsp3) is 0.267. The molecule has 1 atom stereocenters.